The highest BCUT2D eigenvalue weighted by Gasteiger charge is 2.51. The van der Waals surface area contributed by atoms with Gasteiger partial charge in [0.05, 0.1) is 0 Å². The third-order valence-electron chi connectivity index (χ3n) is 3.79. The topological polar surface area (TPSA) is 0 Å². The lowest BCUT2D eigenvalue weighted by molar-refractivity contribution is 0.904. The van der Waals surface area contributed by atoms with E-state index in [2.05, 4.69) is 48.5 Å². The molecule has 72 valence electrons. The average Bonchev–Trinajstić information content (AvgIpc) is 3.01. The van der Waals surface area contributed by atoms with Crippen molar-refractivity contribution in [2.24, 2.45) is 0 Å². The minimum atomic E-state index is 0.899. The number of rotatable bonds is 1. The van der Waals surface area contributed by atoms with Crippen molar-refractivity contribution in [3.8, 4) is 11.1 Å². The largest absolute Gasteiger partial charge is 0.0622 e. The van der Waals surface area contributed by atoms with Crippen molar-refractivity contribution in [2.45, 2.75) is 18.3 Å². The van der Waals surface area contributed by atoms with Crippen LogP contribution in [-0.2, 0) is 0 Å². The summed E-state index contributed by atoms with van der Waals surface area (Å²) in [5, 5.41) is 0. The van der Waals surface area contributed by atoms with Crippen LogP contribution in [0, 0.1) is 0 Å². The average molecular weight is 192 g/mol. The summed E-state index contributed by atoms with van der Waals surface area (Å²) in [5.41, 5.74) is 6.08. The third-order valence-corrected chi connectivity index (χ3v) is 3.79. The summed E-state index contributed by atoms with van der Waals surface area (Å²) in [4.78, 5) is 0. The Morgan fingerprint density at radius 2 is 1.67 bits per heavy atom. The van der Waals surface area contributed by atoms with Gasteiger partial charge in [-0.2, -0.15) is 0 Å². The van der Waals surface area contributed by atoms with E-state index in [9.17, 15) is 0 Å². The first-order valence-corrected chi connectivity index (χ1v) is 5.63. The van der Waals surface area contributed by atoms with E-state index in [0.29, 0.717) is 0 Å². The summed E-state index contributed by atoms with van der Waals surface area (Å²) < 4.78 is 0. The molecule has 2 unspecified atom stereocenters. The zero-order valence-corrected chi connectivity index (χ0v) is 8.48. The summed E-state index contributed by atoms with van der Waals surface area (Å²) in [7, 11) is 0. The Hall–Kier alpha value is -1.56. The van der Waals surface area contributed by atoms with E-state index in [1.54, 1.807) is 11.1 Å². The molecule has 4 rings (SSSR count). The molecule has 0 bridgehead atoms. The minimum absolute atomic E-state index is 0.899. The van der Waals surface area contributed by atoms with Crippen LogP contribution in [-0.4, -0.2) is 0 Å². The lowest BCUT2D eigenvalue weighted by Crippen LogP contribution is -2.03. The molecule has 2 aliphatic rings. The fourth-order valence-electron chi connectivity index (χ4n) is 2.95. The monoisotopic (exact) mass is 192 g/mol. The second kappa shape index (κ2) is 2.52. The van der Waals surface area contributed by atoms with Gasteiger partial charge in [0.2, 0.25) is 0 Å². The van der Waals surface area contributed by atoms with Crippen molar-refractivity contribution < 1.29 is 0 Å². The van der Waals surface area contributed by atoms with E-state index < -0.39 is 0 Å². The Morgan fingerprint density at radius 3 is 2.53 bits per heavy atom. The zero-order chi connectivity index (χ0) is 9.83. The Balaban J connectivity index is 1.94. The summed E-state index contributed by atoms with van der Waals surface area (Å²) >= 11 is 0. The Morgan fingerprint density at radius 1 is 0.800 bits per heavy atom. The van der Waals surface area contributed by atoms with Crippen LogP contribution in [0.15, 0.2) is 48.5 Å². The van der Waals surface area contributed by atoms with Crippen molar-refractivity contribution in [1.29, 1.82) is 0 Å². The number of fused-ring (bicyclic) bond motifs is 4. The second-order valence-electron chi connectivity index (χ2n) is 4.62. The van der Waals surface area contributed by atoms with Gasteiger partial charge in [-0.25, -0.2) is 0 Å². The Kier molecular flexibility index (Phi) is 1.29. The quantitative estimate of drug-likeness (QED) is 0.642. The molecule has 0 aliphatic heterocycles. The summed E-state index contributed by atoms with van der Waals surface area (Å²) in [6.45, 7) is 0. The molecule has 0 heteroatoms. The zero-order valence-electron chi connectivity index (χ0n) is 8.48. The smallest absolute Gasteiger partial charge is 0.00777 e. The SMILES string of the molecule is c1ccc(-c2cccc3c2C2CC32)cc1. The third kappa shape index (κ3) is 0.918. The molecule has 0 saturated heterocycles. The first kappa shape index (κ1) is 7.70. The molecule has 0 radical (unpaired) electrons. The molecule has 15 heavy (non-hydrogen) atoms. The second-order valence-corrected chi connectivity index (χ2v) is 4.62. The van der Waals surface area contributed by atoms with Gasteiger partial charge >= 0.3 is 0 Å². The van der Waals surface area contributed by atoms with Crippen LogP contribution in [0.2, 0.25) is 0 Å². The van der Waals surface area contributed by atoms with E-state index in [0.717, 1.165) is 11.8 Å². The minimum Gasteiger partial charge on any atom is -0.0622 e. The maximum absolute atomic E-state index is 2.30. The molecule has 1 saturated carbocycles. The number of benzene rings is 2. The lowest BCUT2D eigenvalue weighted by Gasteiger charge is -2.21. The van der Waals surface area contributed by atoms with Crippen molar-refractivity contribution >= 4 is 0 Å². The molecule has 2 aromatic rings. The molecular weight excluding hydrogens is 180 g/mol. The van der Waals surface area contributed by atoms with Crippen molar-refractivity contribution in [1.82, 2.24) is 0 Å². The molecule has 0 amide bonds. The number of hydrogen-bond acceptors (Lipinski definition) is 0. The number of hydrogen-bond donors (Lipinski definition) is 0. The standard InChI is InChI=1S/C15H12/c1-2-5-10(6-3-1)11-7-4-8-12-13-9-14(13)15(11)12/h1-8,13-14H,9H2. The fraction of sp³-hybridized carbons (Fsp3) is 0.200. The van der Waals surface area contributed by atoms with Crippen LogP contribution < -0.4 is 0 Å². The Bertz CT molecular complexity index is 525. The molecule has 0 aromatic heterocycles. The van der Waals surface area contributed by atoms with Gasteiger partial charge in [-0.05, 0) is 40.5 Å². The van der Waals surface area contributed by atoms with E-state index >= 15 is 0 Å². The maximum Gasteiger partial charge on any atom is -0.00777 e. The van der Waals surface area contributed by atoms with E-state index in [-0.39, 0.29) is 0 Å². The van der Waals surface area contributed by atoms with Gasteiger partial charge in [0.15, 0.2) is 0 Å². The van der Waals surface area contributed by atoms with Crippen LogP contribution in [0.25, 0.3) is 11.1 Å². The summed E-state index contributed by atoms with van der Waals surface area (Å²) in [5.74, 6) is 1.82. The molecule has 2 aromatic carbocycles. The van der Waals surface area contributed by atoms with Crippen molar-refractivity contribution in [3.63, 3.8) is 0 Å². The van der Waals surface area contributed by atoms with E-state index in [1.165, 1.54) is 17.5 Å². The Labute approximate surface area is 89.6 Å². The van der Waals surface area contributed by atoms with Crippen LogP contribution >= 0.6 is 0 Å². The van der Waals surface area contributed by atoms with E-state index in [1.807, 2.05) is 0 Å². The van der Waals surface area contributed by atoms with Gasteiger partial charge in [0.25, 0.3) is 0 Å². The molecule has 0 N–H and O–H groups in total. The summed E-state index contributed by atoms with van der Waals surface area (Å²) in [6, 6.07) is 17.5. The lowest BCUT2D eigenvalue weighted by atomic mass is 9.83. The van der Waals surface area contributed by atoms with Crippen molar-refractivity contribution in [2.75, 3.05) is 0 Å². The van der Waals surface area contributed by atoms with Gasteiger partial charge in [-0.3, -0.25) is 0 Å². The first-order valence-electron chi connectivity index (χ1n) is 5.63. The van der Waals surface area contributed by atoms with Crippen LogP contribution in [0.3, 0.4) is 0 Å². The van der Waals surface area contributed by atoms with Crippen LogP contribution in [0.5, 0.6) is 0 Å². The molecule has 0 heterocycles. The predicted molar refractivity (Wildman–Crippen MR) is 62.0 cm³/mol. The van der Waals surface area contributed by atoms with Gasteiger partial charge in [-0.1, -0.05) is 48.5 Å². The molecule has 2 atom stereocenters. The van der Waals surface area contributed by atoms with Crippen LogP contribution in [0.4, 0.5) is 0 Å². The molecule has 2 aliphatic carbocycles. The maximum atomic E-state index is 2.30. The molecule has 1 fully saturated rings. The highest BCUT2D eigenvalue weighted by Crippen LogP contribution is 2.67. The highest BCUT2D eigenvalue weighted by molar-refractivity contribution is 5.75. The molecule has 0 spiro atoms. The predicted octanol–water partition coefficient (Wildman–Crippen LogP) is 3.94. The van der Waals surface area contributed by atoms with Gasteiger partial charge < -0.3 is 0 Å². The van der Waals surface area contributed by atoms with Gasteiger partial charge in [0.1, 0.15) is 0 Å². The fourth-order valence-corrected chi connectivity index (χ4v) is 2.95. The first-order chi connectivity index (χ1) is 7.45. The molecular formula is C15H12. The van der Waals surface area contributed by atoms with Gasteiger partial charge in [0, 0.05) is 0 Å². The molecule has 0 nitrogen and oxygen atoms in total. The van der Waals surface area contributed by atoms with E-state index in [4.69, 9.17) is 0 Å². The van der Waals surface area contributed by atoms with Crippen LogP contribution in [0.1, 0.15) is 29.4 Å². The summed E-state index contributed by atoms with van der Waals surface area (Å²) in [6.07, 6.45) is 1.40. The normalized spacial score (nSPS) is 25.1. The van der Waals surface area contributed by atoms with Gasteiger partial charge in [-0.15, -0.1) is 0 Å². The highest BCUT2D eigenvalue weighted by atomic mass is 14.5. The van der Waals surface area contributed by atoms with Crippen molar-refractivity contribution in [3.05, 3.63) is 59.7 Å².